The van der Waals surface area contributed by atoms with Crippen LogP contribution in [0.5, 0.6) is 0 Å². The predicted molar refractivity (Wildman–Crippen MR) is 55.5 cm³/mol. The second-order valence-electron chi connectivity index (χ2n) is 2.77. The fourth-order valence-electron chi connectivity index (χ4n) is 1.02. The lowest BCUT2D eigenvalue weighted by molar-refractivity contribution is 0.900. The number of hydrogen-bond acceptors (Lipinski definition) is 2. The van der Waals surface area contributed by atoms with Crippen LogP contribution in [0, 0.1) is 11.3 Å². The van der Waals surface area contributed by atoms with Crippen LogP contribution >= 0.6 is 0 Å². The molecule has 0 aromatic heterocycles. The molecule has 4 heteroatoms. The average molecular weight is 188 g/mol. The van der Waals surface area contributed by atoms with Crippen molar-refractivity contribution in [2.24, 2.45) is 10.7 Å². The van der Waals surface area contributed by atoms with Gasteiger partial charge in [-0.1, -0.05) is 12.1 Å². The molecule has 4 nitrogen and oxygen atoms in total. The van der Waals surface area contributed by atoms with Gasteiger partial charge in [-0.25, -0.2) is 0 Å². The number of aliphatic imine (C=N–C) groups is 1. The second-order valence-corrected chi connectivity index (χ2v) is 2.77. The number of hydrogen-bond donors (Lipinski definition) is 2. The van der Waals surface area contributed by atoms with Crippen molar-refractivity contribution in [2.45, 2.75) is 6.54 Å². The number of nitrogens with one attached hydrogen (secondary N) is 1. The molecular weight excluding hydrogens is 176 g/mol. The Morgan fingerprint density at radius 2 is 2.43 bits per heavy atom. The monoisotopic (exact) mass is 188 g/mol. The van der Waals surface area contributed by atoms with Crippen molar-refractivity contribution in [3.05, 3.63) is 35.4 Å². The minimum atomic E-state index is 0.396. The zero-order valence-electron chi connectivity index (χ0n) is 7.99. The number of nitrogens with two attached hydrogens (primary N) is 1. The molecule has 0 heterocycles. The van der Waals surface area contributed by atoms with Gasteiger partial charge in [0.2, 0.25) is 0 Å². The Labute approximate surface area is 83.1 Å². The highest BCUT2D eigenvalue weighted by atomic mass is 15.1. The molecule has 1 aromatic rings. The maximum atomic E-state index is 8.67. The van der Waals surface area contributed by atoms with Gasteiger partial charge in [0.25, 0.3) is 0 Å². The van der Waals surface area contributed by atoms with Gasteiger partial charge in [0.1, 0.15) is 0 Å². The summed E-state index contributed by atoms with van der Waals surface area (Å²) in [5.41, 5.74) is 7.12. The van der Waals surface area contributed by atoms with Gasteiger partial charge in [-0.15, -0.1) is 0 Å². The Morgan fingerprint density at radius 3 is 3.07 bits per heavy atom. The molecule has 1 aromatic carbocycles. The summed E-state index contributed by atoms with van der Waals surface area (Å²) in [6, 6.07) is 9.43. The van der Waals surface area contributed by atoms with Crippen LogP contribution < -0.4 is 11.1 Å². The van der Waals surface area contributed by atoms with Crippen LogP contribution in [-0.4, -0.2) is 13.0 Å². The van der Waals surface area contributed by atoms with Crippen molar-refractivity contribution < 1.29 is 0 Å². The molecule has 0 amide bonds. The molecule has 0 radical (unpaired) electrons. The van der Waals surface area contributed by atoms with E-state index in [0.717, 1.165) is 5.56 Å². The van der Waals surface area contributed by atoms with E-state index >= 15 is 0 Å². The maximum absolute atomic E-state index is 8.67. The smallest absolute Gasteiger partial charge is 0.188 e. The van der Waals surface area contributed by atoms with Crippen LogP contribution in [0.4, 0.5) is 0 Å². The van der Waals surface area contributed by atoms with Crippen LogP contribution in [0.3, 0.4) is 0 Å². The molecule has 3 N–H and O–H groups in total. The summed E-state index contributed by atoms with van der Waals surface area (Å²) in [6.07, 6.45) is 0. The summed E-state index contributed by atoms with van der Waals surface area (Å²) in [7, 11) is 1.62. The van der Waals surface area contributed by atoms with Gasteiger partial charge in [0, 0.05) is 13.6 Å². The molecule has 72 valence electrons. The molecule has 0 bridgehead atoms. The highest BCUT2D eigenvalue weighted by molar-refractivity contribution is 5.77. The summed E-state index contributed by atoms with van der Waals surface area (Å²) in [4.78, 5) is 3.76. The van der Waals surface area contributed by atoms with Crippen molar-refractivity contribution >= 4 is 5.96 Å². The molecule has 0 fully saturated rings. The van der Waals surface area contributed by atoms with Crippen molar-refractivity contribution in [3.63, 3.8) is 0 Å². The molecule has 0 aliphatic rings. The third kappa shape index (κ3) is 2.79. The summed E-state index contributed by atoms with van der Waals surface area (Å²) >= 11 is 0. The van der Waals surface area contributed by atoms with E-state index in [2.05, 4.69) is 16.4 Å². The normalized spacial score (nSPS) is 10.7. The van der Waals surface area contributed by atoms with Crippen LogP contribution in [0.1, 0.15) is 11.1 Å². The summed E-state index contributed by atoms with van der Waals surface area (Å²) in [6.45, 7) is 0.582. The van der Waals surface area contributed by atoms with Crippen molar-refractivity contribution in [1.29, 1.82) is 5.26 Å². The van der Waals surface area contributed by atoms with Crippen LogP contribution in [0.25, 0.3) is 0 Å². The summed E-state index contributed by atoms with van der Waals surface area (Å²) < 4.78 is 0. The van der Waals surface area contributed by atoms with E-state index in [-0.39, 0.29) is 0 Å². The van der Waals surface area contributed by atoms with E-state index in [9.17, 15) is 0 Å². The Kier molecular flexibility index (Phi) is 3.50. The molecule has 0 atom stereocenters. The molecule has 0 unspecified atom stereocenters. The Hall–Kier alpha value is -2.02. The molecule has 1 rings (SSSR count). The largest absolute Gasteiger partial charge is 0.370 e. The first-order valence-corrected chi connectivity index (χ1v) is 4.21. The lowest BCUT2D eigenvalue weighted by Gasteiger charge is -2.04. The lowest BCUT2D eigenvalue weighted by Crippen LogP contribution is -2.30. The second kappa shape index (κ2) is 4.87. The number of benzene rings is 1. The zero-order chi connectivity index (χ0) is 10.4. The van der Waals surface area contributed by atoms with Crippen LogP contribution in [0.15, 0.2) is 29.3 Å². The highest BCUT2D eigenvalue weighted by Gasteiger charge is 1.95. The van der Waals surface area contributed by atoms with E-state index < -0.39 is 0 Å². The number of guanidine groups is 1. The van der Waals surface area contributed by atoms with Gasteiger partial charge in [0.15, 0.2) is 5.96 Å². The predicted octanol–water partition coefficient (Wildman–Crippen LogP) is 0.592. The molecule has 0 aliphatic heterocycles. The van der Waals surface area contributed by atoms with Gasteiger partial charge in [0.05, 0.1) is 11.6 Å². The number of nitrogens with zero attached hydrogens (tertiary/aromatic N) is 2. The first kappa shape index (κ1) is 10.1. The molecule has 0 saturated heterocycles. The van der Waals surface area contributed by atoms with Gasteiger partial charge in [-0.05, 0) is 17.7 Å². The Balaban J connectivity index is 2.64. The first-order valence-electron chi connectivity index (χ1n) is 4.21. The fraction of sp³-hybridized carbons (Fsp3) is 0.200. The summed E-state index contributed by atoms with van der Waals surface area (Å²) in [5.74, 6) is 0.396. The quantitative estimate of drug-likeness (QED) is 0.527. The maximum Gasteiger partial charge on any atom is 0.188 e. The third-order valence-corrected chi connectivity index (χ3v) is 1.77. The molecular formula is C10H12N4. The Morgan fingerprint density at radius 1 is 1.64 bits per heavy atom. The Bertz CT molecular complexity index is 376. The number of rotatable bonds is 2. The molecule has 0 saturated carbocycles. The first-order chi connectivity index (χ1) is 6.76. The minimum Gasteiger partial charge on any atom is -0.370 e. The number of nitriles is 1. The van der Waals surface area contributed by atoms with Gasteiger partial charge < -0.3 is 11.1 Å². The van der Waals surface area contributed by atoms with Gasteiger partial charge >= 0.3 is 0 Å². The standard InChI is InChI=1S/C10H12N4/c1-13-10(12)14-7-9-4-2-3-8(5-9)6-11/h2-5H,7H2,1H3,(H3,12,13,14). The highest BCUT2D eigenvalue weighted by Crippen LogP contribution is 2.03. The van der Waals surface area contributed by atoms with Gasteiger partial charge in [-0.3, -0.25) is 4.99 Å². The average Bonchev–Trinajstić information content (AvgIpc) is 2.26. The van der Waals surface area contributed by atoms with Crippen LogP contribution in [-0.2, 0) is 6.54 Å². The zero-order valence-corrected chi connectivity index (χ0v) is 7.99. The summed E-state index contributed by atoms with van der Waals surface area (Å²) in [5, 5.41) is 11.6. The van der Waals surface area contributed by atoms with Crippen molar-refractivity contribution in [2.75, 3.05) is 7.05 Å². The van der Waals surface area contributed by atoms with Crippen molar-refractivity contribution in [1.82, 2.24) is 5.32 Å². The van der Waals surface area contributed by atoms with E-state index in [1.54, 1.807) is 13.1 Å². The van der Waals surface area contributed by atoms with E-state index in [4.69, 9.17) is 11.0 Å². The lowest BCUT2D eigenvalue weighted by atomic mass is 10.1. The molecule has 0 aliphatic carbocycles. The molecule has 0 spiro atoms. The van der Waals surface area contributed by atoms with E-state index in [0.29, 0.717) is 18.1 Å². The topological polar surface area (TPSA) is 74.2 Å². The van der Waals surface area contributed by atoms with E-state index in [1.165, 1.54) is 0 Å². The van der Waals surface area contributed by atoms with Gasteiger partial charge in [-0.2, -0.15) is 5.26 Å². The van der Waals surface area contributed by atoms with Crippen molar-refractivity contribution in [3.8, 4) is 6.07 Å². The SMILES string of the molecule is CN=C(N)NCc1cccc(C#N)c1. The third-order valence-electron chi connectivity index (χ3n) is 1.77. The molecule has 14 heavy (non-hydrogen) atoms. The fourth-order valence-corrected chi connectivity index (χ4v) is 1.02. The van der Waals surface area contributed by atoms with Crippen LogP contribution in [0.2, 0.25) is 0 Å². The minimum absolute atomic E-state index is 0.396. The van der Waals surface area contributed by atoms with E-state index in [1.807, 2.05) is 18.2 Å².